The first-order valence-electron chi connectivity index (χ1n) is 5.54. The van der Waals surface area contributed by atoms with Crippen LogP contribution in [0.2, 0.25) is 0 Å². The van der Waals surface area contributed by atoms with Crippen molar-refractivity contribution in [2.75, 3.05) is 0 Å². The topological polar surface area (TPSA) is 21.6 Å². The number of hydrogen-bond donors (Lipinski definition) is 0. The van der Waals surface area contributed by atoms with Crippen molar-refractivity contribution in [3.8, 4) is 5.75 Å². The second-order valence-corrected chi connectivity index (χ2v) is 5.52. The summed E-state index contributed by atoms with van der Waals surface area (Å²) in [4.78, 5) is 4.61. The molecule has 1 aromatic rings. The van der Waals surface area contributed by atoms with E-state index >= 15 is 0 Å². The predicted octanol–water partition coefficient (Wildman–Crippen LogP) is 3.98. The Bertz CT molecular complexity index is 428. The monoisotopic (exact) mass is 281 g/mol. The lowest BCUT2D eigenvalue weighted by molar-refractivity contribution is 0.0717. The summed E-state index contributed by atoms with van der Waals surface area (Å²) in [7, 11) is 0. The van der Waals surface area contributed by atoms with Crippen LogP contribution in [-0.2, 0) is 0 Å². The number of fused-ring (bicyclic) bond motifs is 1. The molecule has 1 aliphatic rings. The van der Waals surface area contributed by atoms with Gasteiger partial charge in [-0.2, -0.15) is 0 Å². The van der Waals surface area contributed by atoms with Crippen LogP contribution in [0.25, 0.3) is 0 Å². The van der Waals surface area contributed by atoms with Gasteiger partial charge in [-0.3, -0.25) is 0 Å². The molecule has 2 nitrogen and oxygen atoms in total. The minimum absolute atomic E-state index is 0.443. The van der Waals surface area contributed by atoms with Crippen molar-refractivity contribution >= 4 is 20.6 Å². The van der Waals surface area contributed by atoms with Crippen LogP contribution >= 0.6 is 15.9 Å². The molecule has 0 saturated carbocycles. The third-order valence-electron chi connectivity index (χ3n) is 2.56. The molecular formula is C13H16BrNO. The molecule has 0 radical (unpaired) electrons. The van der Waals surface area contributed by atoms with Gasteiger partial charge in [-0.25, -0.2) is 4.99 Å². The zero-order valence-electron chi connectivity index (χ0n) is 9.83. The predicted molar refractivity (Wildman–Crippen MR) is 70.4 cm³/mol. The van der Waals surface area contributed by atoms with Crippen molar-refractivity contribution in [1.29, 1.82) is 0 Å². The SMILES string of the molecule is CC(C)CC1(C)N=C(Br)c2ccccc2O1. The first-order chi connectivity index (χ1) is 7.50. The van der Waals surface area contributed by atoms with Gasteiger partial charge >= 0.3 is 0 Å². The molecule has 0 bridgehead atoms. The molecule has 1 unspecified atom stereocenters. The van der Waals surface area contributed by atoms with Gasteiger partial charge in [-0.1, -0.05) is 26.0 Å². The Balaban J connectivity index is 2.36. The van der Waals surface area contributed by atoms with Gasteiger partial charge < -0.3 is 4.74 Å². The van der Waals surface area contributed by atoms with Crippen LogP contribution < -0.4 is 4.74 Å². The molecule has 0 amide bonds. The van der Waals surface area contributed by atoms with E-state index < -0.39 is 5.72 Å². The summed E-state index contributed by atoms with van der Waals surface area (Å²) in [5.41, 5.74) is 0.588. The molecule has 2 rings (SSSR count). The van der Waals surface area contributed by atoms with Crippen LogP contribution in [0.5, 0.6) is 5.75 Å². The number of hydrogen-bond acceptors (Lipinski definition) is 2. The van der Waals surface area contributed by atoms with E-state index in [2.05, 4.69) is 34.8 Å². The Hall–Kier alpha value is -0.830. The highest BCUT2D eigenvalue weighted by Crippen LogP contribution is 2.35. The molecule has 0 N–H and O–H groups in total. The summed E-state index contributed by atoms with van der Waals surface area (Å²) in [6, 6.07) is 7.98. The maximum atomic E-state index is 5.98. The lowest BCUT2D eigenvalue weighted by Crippen LogP contribution is -2.35. The Morgan fingerprint density at radius 1 is 1.38 bits per heavy atom. The van der Waals surface area contributed by atoms with E-state index in [0.29, 0.717) is 5.92 Å². The zero-order valence-corrected chi connectivity index (χ0v) is 11.4. The van der Waals surface area contributed by atoms with E-state index in [1.807, 2.05) is 31.2 Å². The molecule has 0 aromatic heterocycles. The fraction of sp³-hybridized carbons (Fsp3) is 0.462. The van der Waals surface area contributed by atoms with Crippen molar-refractivity contribution in [2.45, 2.75) is 32.9 Å². The summed E-state index contributed by atoms with van der Waals surface area (Å²) in [6.07, 6.45) is 0.913. The van der Waals surface area contributed by atoms with E-state index in [4.69, 9.17) is 4.74 Å². The summed E-state index contributed by atoms with van der Waals surface area (Å²) in [6.45, 7) is 6.39. The number of halogens is 1. The smallest absolute Gasteiger partial charge is 0.198 e. The number of aliphatic imine (C=N–C) groups is 1. The van der Waals surface area contributed by atoms with E-state index in [1.54, 1.807) is 0 Å². The number of ether oxygens (including phenoxy) is 1. The van der Waals surface area contributed by atoms with Crippen molar-refractivity contribution in [1.82, 2.24) is 0 Å². The molecule has 0 fully saturated rings. The molecule has 1 aliphatic heterocycles. The third-order valence-corrected chi connectivity index (χ3v) is 3.17. The Morgan fingerprint density at radius 2 is 2.06 bits per heavy atom. The lowest BCUT2D eigenvalue weighted by Gasteiger charge is -2.33. The largest absolute Gasteiger partial charge is 0.466 e. The van der Waals surface area contributed by atoms with Crippen molar-refractivity contribution in [2.24, 2.45) is 10.9 Å². The van der Waals surface area contributed by atoms with E-state index in [0.717, 1.165) is 22.4 Å². The molecule has 0 saturated heterocycles. The molecule has 86 valence electrons. The molecule has 1 heterocycles. The number of benzene rings is 1. The van der Waals surface area contributed by atoms with Crippen molar-refractivity contribution < 1.29 is 4.74 Å². The van der Waals surface area contributed by atoms with Gasteiger partial charge in [0, 0.05) is 12.0 Å². The lowest BCUT2D eigenvalue weighted by atomic mass is 10.0. The van der Waals surface area contributed by atoms with E-state index in [9.17, 15) is 0 Å². The van der Waals surface area contributed by atoms with Crippen LogP contribution in [0.15, 0.2) is 29.3 Å². The highest BCUT2D eigenvalue weighted by molar-refractivity contribution is 9.18. The third kappa shape index (κ3) is 2.29. The van der Waals surface area contributed by atoms with Gasteiger partial charge in [0.2, 0.25) is 0 Å². The van der Waals surface area contributed by atoms with Gasteiger partial charge in [0.05, 0.1) is 0 Å². The highest BCUT2D eigenvalue weighted by atomic mass is 79.9. The van der Waals surface area contributed by atoms with Crippen LogP contribution in [0, 0.1) is 5.92 Å². The summed E-state index contributed by atoms with van der Waals surface area (Å²) in [5.74, 6) is 1.46. The number of rotatable bonds is 2. The average molecular weight is 282 g/mol. The van der Waals surface area contributed by atoms with Crippen molar-refractivity contribution in [3.63, 3.8) is 0 Å². The zero-order chi connectivity index (χ0) is 11.8. The van der Waals surface area contributed by atoms with Crippen LogP contribution in [-0.4, -0.2) is 10.3 Å². The van der Waals surface area contributed by atoms with Crippen molar-refractivity contribution in [3.05, 3.63) is 29.8 Å². The maximum absolute atomic E-state index is 5.98. The van der Waals surface area contributed by atoms with Crippen LogP contribution in [0.4, 0.5) is 0 Å². The van der Waals surface area contributed by atoms with Gasteiger partial charge in [-0.15, -0.1) is 0 Å². The normalized spacial score (nSPS) is 23.7. The van der Waals surface area contributed by atoms with E-state index in [1.165, 1.54) is 0 Å². The van der Waals surface area contributed by atoms with Crippen LogP contribution in [0.1, 0.15) is 32.8 Å². The standard InChI is InChI=1S/C13H16BrNO/c1-9(2)8-13(3)15-12(14)10-6-4-5-7-11(10)16-13/h4-7,9H,8H2,1-3H3. The molecule has 16 heavy (non-hydrogen) atoms. The Morgan fingerprint density at radius 3 is 2.75 bits per heavy atom. The van der Waals surface area contributed by atoms with Crippen LogP contribution in [0.3, 0.4) is 0 Å². The van der Waals surface area contributed by atoms with E-state index in [-0.39, 0.29) is 0 Å². The Labute approximate surface area is 105 Å². The number of nitrogens with zero attached hydrogens (tertiary/aromatic N) is 1. The molecule has 0 spiro atoms. The second kappa shape index (κ2) is 4.21. The highest BCUT2D eigenvalue weighted by Gasteiger charge is 2.32. The Kier molecular flexibility index (Phi) is 3.06. The second-order valence-electron chi connectivity index (χ2n) is 4.77. The molecule has 1 atom stereocenters. The van der Waals surface area contributed by atoms with Gasteiger partial charge in [-0.05, 0) is 40.9 Å². The molecule has 1 aromatic carbocycles. The minimum atomic E-state index is -0.443. The molecular weight excluding hydrogens is 266 g/mol. The maximum Gasteiger partial charge on any atom is 0.198 e. The summed E-state index contributed by atoms with van der Waals surface area (Å²) >= 11 is 3.52. The quantitative estimate of drug-likeness (QED) is 0.804. The summed E-state index contributed by atoms with van der Waals surface area (Å²) < 4.78 is 6.87. The number of para-hydroxylation sites is 1. The molecule has 3 heteroatoms. The van der Waals surface area contributed by atoms with Gasteiger partial charge in [0.15, 0.2) is 5.72 Å². The fourth-order valence-corrected chi connectivity index (χ4v) is 2.80. The molecule has 0 aliphatic carbocycles. The average Bonchev–Trinajstić information content (AvgIpc) is 2.15. The first kappa shape index (κ1) is 11.6. The van der Waals surface area contributed by atoms with Gasteiger partial charge in [0.25, 0.3) is 0 Å². The first-order valence-corrected chi connectivity index (χ1v) is 6.33. The fourth-order valence-electron chi connectivity index (χ4n) is 2.10. The summed E-state index contributed by atoms with van der Waals surface area (Å²) in [5, 5.41) is 0. The van der Waals surface area contributed by atoms with Gasteiger partial charge in [0.1, 0.15) is 10.4 Å². The minimum Gasteiger partial charge on any atom is -0.466 e.